The van der Waals surface area contributed by atoms with Gasteiger partial charge in [-0.1, -0.05) is 78.9 Å². The van der Waals surface area contributed by atoms with E-state index in [9.17, 15) is 4.79 Å². The first kappa shape index (κ1) is 23.7. The molecule has 4 heteroatoms. The molecule has 0 spiro atoms. The van der Waals surface area contributed by atoms with Gasteiger partial charge in [0.1, 0.15) is 30.3 Å². The smallest absolute Gasteiger partial charge is 0.341 e. The van der Waals surface area contributed by atoms with Crippen LogP contribution in [0.4, 0.5) is 0 Å². The number of methoxy groups -OCH3 is 1. The van der Waals surface area contributed by atoms with Crippen LogP contribution in [0.25, 0.3) is 0 Å². The van der Waals surface area contributed by atoms with Crippen molar-refractivity contribution in [3.8, 4) is 11.5 Å². The van der Waals surface area contributed by atoms with E-state index < -0.39 is 5.97 Å². The molecular formula is C27H30O4. The average molecular weight is 419 g/mol. The highest BCUT2D eigenvalue weighted by Gasteiger charge is 2.11. The third-order valence-electron chi connectivity index (χ3n) is 4.20. The lowest BCUT2D eigenvalue weighted by Gasteiger charge is -2.07. The van der Waals surface area contributed by atoms with Crippen molar-refractivity contribution in [3.63, 3.8) is 0 Å². The van der Waals surface area contributed by atoms with E-state index in [1.165, 1.54) is 7.11 Å². The molecule has 0 saturated heterocycles. The van der Waals surface area contributed by atoms with Crippen LogP contribution in [0.1, 0.15) is 29.6 Å². The summed E-state index contributed by atoms with van der Waals surface area (Å²) in [4.78, 5) is 11.7. The van der Waals surface area contributed by atoms with Gasteiger partial charge in [0.25, 0.3) is 0 Å². The summed E-state index contributed by atoms with van der Waals surface area (Å²) in [6.07, 6.45) is 19.3. The molecule has 4 nitrogen and oxygen atoms in total. The lowest BCUT2D eigenvalue weighted by molar-refractivity contribution is 0.0596. The lowest BCUT2D eigenvalue weighted by Crippen LogP contribution is -2.05. The zero-order valence-corrected chi connectivity index (χ0v) is 18.0. The minimum Gasteiger partial charge on any atom is -0.490 e. The molecule has 0 N–H and O–H groups in total. The Morgan fingerprint density at radius 1 is 0.677 bits per heavy atom. The van der Waals surface area contributed by atoms with Crippen molar-refractivity contribution in [1.29, 1.82) is 0 Å². The van der Waals surface area contributed by atoms with Gasteiger partial charge in [0.05, 0.1) is 7.11 Å². The zero-order valence-electron chi connectivity index (χ0n) is 18.0. The van der Waals surface area contributed by atoms with Crippen LogP contribution in [0.2, 0.25) is 0 Å². The Hall–Kier alpha value is -3.53. The maximum atomic E-state index is 11.7. The van der Waals surface area contributed by atoms with Gasteiger partial charge in [0.2, 0.25) is 0 Å². The van der Waals surface area contributed by atoms with Gasteiger partial charge >= 0.3 is 5.97 Å². The van der Waals surface area contributed by atoms with Crippen molar-refractivity contribution in [3.05, 3.63) is 109 Å². The summed E-state index contributed by atoms with van der Waals surface area (Å²) in [5.74, 6) is 1.02. The summed E-state index contributed by atoms with van der Waals surface area (Å²) < 4.78 is 16.0. The second-order valence-corrected chi connectivity index (χ2v) is 6.52. The molecule has 0 radical (unpaired) electrons. The number of esters is 1. The monoisotopic (exact) mass is 418 g/mol. The number of carbonyl (C=O) groups excluding carboxylic acids is 1. The Morgan fingerprint density at radius 2 is 1.19 bits per heavy atom. The zero-order chi connectivity index (χ0) is 22.0. The van der Waals surface area contributed by atoms with Crippen LogP contribution >= 0.6 is 0 Å². The number of allylic oxidation sites excluding steroid dienone is 6. The molecular weight excluding hydrogens is 388 g/mol. The molecule has 0 unspecified atom stereocenters. The highest BCUT2D eigenvalue weighted by Crippen LogP contribution is 2.18. The van der Waals surface area contributed by atoms with Gasteiger partial charge in [-0.05, 0) is 43.5 Å². The molecule has 162 valence electrons. The molecule has 0 heterocycles. The van der Waals surface area contributed by atoms with Gasteiger partial charge in [-0.25, -0.2) is 4.79 Å². The van der Waals surface area contributed by atoms with Crippen LogP contribution in [0.5, 0.6) is 11.5 Å². The fourth-order valence-electron chi connectivity index (χ4n) is 2.62. The molecule has 0 saturated carbocycles. The van der Waals surface area contributed by atoms with Gasteiger partial charge in [0, 0.05) is 0 Å². The molecule has 0 amide bonds. The summed E-state index contributed by atoms with van der Waals surface area (Å²) in [5, 5.41) is 0. The summed E-state index contributed by atoms with van der Waals surface area (Å²) >= 11 is 0. The Balaban J connectivity index is 1.53. The number of benzene rings is 2. The molecule has 0 aliphatic rings. The summed E-state index contributed by atoms with van der Waals surface area (Å²) in [6, 6.07) is 16.9. The highest BCUT2D eigenvalue weighted by molar-refractivity contribution is 5.92. The van der Waals surface area contributed by atoms with Crippen molar-refractivity contribution in [2.24, 2.45) is 0 Å². The number of ether oxygens (including phenoxy) is 3. The average Bonchev–Trinajstić information content (AvgIpc) is 2.82. The summed E-state index contributed by atoms with van der Waals surface area (Å²) in [6.45, 7) is 0.990. The van der Waals surface area contributed by atoms with Crippen molar-refractivity contribution in [2.45, 2.75) is 19.3 Å². The largest absolute Gasteiger partial charge is 0.490 e. The quantitative estimate of drug-likeness (QED) is 0.282. The van der Waals surface area contributed by atoms with Crippen LogP contribution in [0.3, 0.4) is 0 Å². The fourth-order valence-corrected chi connectivity index (χ4v) is 2.62. The molecule has 2 rings (SSSR count). The van der Waals surface area contributed by atoms with Crippen molar-refractivity contribution >= 4 is 5.97 Å². The van der Waals surface area contributed by atoms with E-state index in [4.69, 9.17) is 14.2 Å². The van der Waals surface area contributed by atoms with E-state index >= 15 is 0 Å². The number of hydrogen-bond donors (Lipinski definition) is 0. The molecule has 2 aromatic carbocycles. The van der Waals surface area contributed by atoms with Crippen LogP contribution < -0.4 is 9.47 Å². The van der Waals surface area contributed by atoms with Gasteiger partial charge in [0.15, 0.2) is 0 Å². The third kappa shape index (κ3) is 10.2. The Kier molecular flexibility index (Phi) is 11.7. The van der Waals surface area contributed by atoms with Gasteiger partial charge in [-0.3, -0.25) is 0 Å². The number of carbonyl (C=O) groups is 1. The minimum atomic E-state index is -0.397. The van der Waals surface area contributed by atoms with Crippen LogP contribution in [0.15, 0.2) is 103 Å². The first-order valence-corrected chi connectivity index (χ1v) is 10.4. The number of para-hydroxylation sites is 2. The SMILES string of the molecule is COC(=O)c1ccccc1OCC=CCC=CCC=CCC=CCOc1ccccc1. The maximum absolute atomic E-state index is 11.7. The van der Waals surface area contributed by atoms with E-state index in [2.05, 4.69) is 30.4 Å². The second-order valence-electron chi connectivity index (χ2n) is 6.52. The molecule has 0 aliphatic heterocycles. The van der Waals surface area contributed by atoms with E-state index in [1.54, 1.807) is 18.2 Å². The van der Waals surface area contributed by atoms with E-state index in [-0.39, 0.29) is 0 Å². The predicted molar refractivity (Wildman–Crippen MR) is 126 cm³/mol. The maximum Gasteiger partial charge on any atom is 0.341 e. The standard InChI is InChI=1S/C27H30O4/c1-29-27(28)25-20-14-15-21-26(25)31-23-17-10-8-6-4-2-3-5-7-9-16-22-30-24-18-12-11-13-19-24/h3-6,9-21H,2,7-8,22-23H2,1H3. The summed E-state index contributed by atoms with van der Waals surface area (Å²) in [5.41, 5.74) is 0.434. The Morgan fingerprint density at radius 3 is 1.81 bits per heavy atom. The van der Waals surface area contributed by atoms with Crippen LogP contribution in [-0.4, -0.2) is 26.3 Å². The first-order valence-electron chi connectivity index (χ1n) is 10.4. The van der Waals surface area contributed by atoms with Crippen molar-refractivity contribution in [1.82, 2.24) is 0 Å². The Bertz CT molecular complexity index is 879. The van der Waals surface area contributed by atoms with E-state index in [0.717, 1.165) is 25.0 Å². The second kappa shape index (κ2) is 15.3. The third-order valence-corrected chi connectivity index (χ3v) is 4.20. The fraction of sp³-hybridized carbons (Fsp3) is 0.222. The predicted octanol–water partition coefficient (Wildman–Crippen LogP) is 6.33. The first-order chi connectivity index (χ1) is 15.3. The van der Waals surface area contributed by atoms with Crippen molar-refractivity contribution < 1.29 is 19.0 Å². The van der Waals surface area contributed by atoms with Crippen LogP contribution in [-0.2, 0) is 4.74 Å². The molecule has 2 aromatic rings. The van der Waals surface area contributed by atoms with E-state index in [0.29, 0.717) is 24.5 Å². The van der Waals surface area contributed by atoms with Crippen molar-refractivity contribution in [2.75, 3.05) is 20.3 Å². The minimum absolute atomic E-state index is 0.397. The lowest BCUT2D eigenvalue weighted by atomic mass is 10.2. The Labute approximate surface area is 185 Å². The topological polar surface area (TPSA) is 44.8 Å². The van der Waals surface area contributed by atoms with E-state index in [1.807, 2.05) is 54.6 Å². The van der Waals surface area contributed by atoms with Gasteiger partial charge in [-0.2, -0.15) is 0 Å². The number of hydrogen-bond acceptors (Lipinski definition) is 4. The molecule has 0 bridgehead atoms. The normalized spacial score (nSPS) is 11.6. The van der Waals surface area contributed by atoms with Gasteiger partial charge in [-0.15, -0.1) is 0 Å². The summed E-state index contributed by atoms with van der Waals surface area (Å²) in [7, 11) is 1.36. The molecule has 31 heavy (non-hydrogen) atoms. The molecule has 0 atom stereocenters. The molecule has 0 aliphatic carbocycles. The van der Waals surface area contributed by atoms with Crippen LogP contribution in [0, 0.1) is 0 Å². The number of rotatable bonds is 13. The molecule has 0 fully saturated rings. The molecule has 0 aromatic heterocycles. The van der Waals surface area contributed by atoms with Gasteiger partial charge < -0.3 is 14.2 Å². The highest BCUT2D eigenvalue weighted by atomic mass is 16.5.